The van der Waals surface area contributed by atoms with Crippen molar-refractivity contribution in [2.75, 3.05) is 26.2 Å². The van der Waals surface area contributed by atoms with E-state index in [9.17, 15) is 14.0 Å². The number of anilines is 1. The van der Waals surface area contributed by atoms with Gasteiger partial charge in [0.15, 0.2) is 11.6 Å². The van der Waals surface area contributed by atoms with Gasteiger partial charge in [0.1, 0.15) is 24.1 Å². The summed E-state index contributed by atoms with van der Waals surface area (Å²) in [4.78, 5) is 27.1. The van der Waals surface area contributed by atoms with E-state index in [-0.39, 0.29) is 18.7 Å². The molecule has 0 aliphatic rings. The highest BCUT2D eigenvalue weighted by Crippen LogP contribution is 2.19. The average molecular weight is 489 g/mol. The Kier molecular flexibility index (Phi) is 13.2. The number of fused-ring (bicyclic) bond motifs is 1. The first-order chi connectivity index (χ1) is 15.7. The number of methoxy groups -OCH3 is 1. The van der Waals surface area contributed by atoms with Crippen molar-refractivity contribution in [3.05, 3.63) is 24.2 Å². The number of hydrogen-bond acceptors (Lipinski definition) is 9. The van der Waals surface area contributed by atoms with Gasteiger partial charge in [0.25, 0.3) is 0 Å². The van der Waals surface area contributed by atoms with E-state index in [1.807, 2.05) is 12.1 Å². The lowest BCUT2D eigenvalue weighted by Gasteiger charge is -2.19. The smallest absolute Gasteiger partial charge is 0.413 e. The highest BCUT2D eigenvalue weighted by molar-refractivity contribution is 5.88. The standard InChI is InChI=1S/C18H26N4O5.C3H8O2.CH3F/c1-12(23)26-10-14(25-5)8-6-13-7-9-15-16(19-11-20-22(13)15)21-17(24)27-18(2,3)4;1-3(2,4)5;1-2/h7,9,11,14H,6,8,10H2,1-5H3,(H,19,20,21,24);4-5H,1-2H3;1H3. The predicted molar refractivity (Wildman–Crippen MR) is 124 cm³/mol. The summed E-state index contributed by atoms with van der Waals surface area (Å²) in [7, 11) is 2.08. The van der Waals surface area contributed by atoms with Gasteiger partial charge in [-0.15, -0.1) is 0 Å². The number of amides is 1. The van der Waals surface area contributed by atoms with Crippen LogP contribution >= 0.6 is 0 Å². The zero-order valence-electron chi connectivity index (χ0n) is 21.1. The van der Waals surface area contributed by atoms with Crippen molar-refractivity contribution < 1.29 is 38.4 Å². The molecule has 0 saturated heterocycles. The Morgan fingerprint density at radius 3 is 2.26 bits per heavy atom. The van der Waals surface area contributed by atoms with Crippen LogP contribution in [0.1, 0.15) is 53.7 Å². The Bertz CT molecular complexity index is 885. The number of alkyl halides is 1. The number of aryl methyl sites for hydroxylation is 1. The number of carbonyl (C=O) groups is 2. The minimum atomic E-state index is -1.50. The molecule has 2 rings (SSSR count). The third kappa shape index (κ3) is 13.7. The lowest BCUT2D eigenvalue weighted by atomic mass is 10.1. The Morgan fingerprint density at radius 2 is 1.76 bits per heavy atom. The van der Waals surface area contributed by atoms with E-state index >= 15 is 0 Å². The van der Waals surface area contributed by atoms with Crippen LogP contribution in [0.15, 0.2) is 18.5 Å². The molecule has 0 aromatic carbocycles. The fourth-order valence-corrected chi connectivity index (χ4v) is 2.46. The van der Waals surface area contributed by atoms with Crippen LogP contribution in [0.2, 0.25) is 0 Å². The number of carbonyl (C=O) groups excluding carboxylic acids is 2. The van der Waals surface area contributed by atoms with Crippen LogP contribution in [0.5, 0.6) is 0 Å². The number of ether oxygens (including phenoxy) is 3. The molecule has 0 aliphatic carbocycles. The molecule has 11 nitrogen and oxygen atoms in total. The summed E-state index contributed by atoms with van der Waals surface area (Å²) in [6, 6.07) is 3.73. The van der Waals surface area contributed by atoms with Crippen LogP contribution in [-0.4, -0.2) is 75.3 Å². The number of hydrogen-bond donors (Lipinski definition) is 3. The van der Waals surface area contributed by atoms with Crippen molar-refractivity contribution in [1.82, 2.24) is 14.6 Å². The van der Waals surface area contributed by atoms with E-state index in [0.717, 1.165) is 5.69 Å². The predicted octanol–water partition coefficient (Wildman–Crippen LogP) is 2.88. The molecule has 3 N–H and O–H groups in total. The highest BCUT2D eigenvalue weighted by Gasteiger charge is 2.18. The molecule has 2 heterocycles. The normalized spacial score (nSPS) is 12.0. The van der Waals surface area contributed by atoms with E-state index in [4.69, 9.17) is 24.4 Å². The van der Waals surface area contributed by atoms with Gasteiger partial charge in [-0.25, -0.2) is 14.3 Å². The fourth-order valence-electron chi connectivity index (χ4n) is 2.46. The minimum absolute atomic E-state index is 0.204. The molecular formula is C22H37FN4O7. The summed E-state index contributed by atoms with van der Waals surface area (Å²) in [5, 5.41) is 23.1. The Labute approximate surface area is 199 Å². The van der Waals surface area contributed by atoms with Crippen LogP contribution < -0.4 is 5.32 Å². The van der Waals surface area contributed by atoms with Crippen LogP contribution in [0.25, 0.3) is 5.52 Å². The van der Waals surface area contributed by atoms with Gasteiger partial charge in [-0.3, -0.25) is 14.5 Å². The molecule has 1 amide bonds. The van der Waals surface area contributed by atoms with Crippen molar-refractivity contribution in [2.45, 2.75) is 71.9 Å². The number of nitrogens with zero attached hydrogens (tertiary/aromatic N) is 3. The number of halogens is 1. The maximum Gasteiger partial charge on any atom is 0.413 e. The van der Waals surface area contributed by atoms with Gasteiger partial charge >= 0.3 is 12.1 Å². The molecule has 0 saturated carbocycles. The number of aliphatic hydroxyl groups is 2. The fraction of sp³-hybridized carbons (Fsp3) is 0.636. The van der Waals surface area contributed by atoms with Crippen LogP contribution in [0, 0.1) is 0 Å². The molecule has 1 unspecified atom stereocenters. The summed E-state index contributed by atoms with van der Waals surface area (Å²) >= 11 is 0. The number of rotatable bonds is 7. The van der Waals surface area contributed by atoms with E-state index in [1.54, 1.807) is 32.4 Å². The molecule has 0 radical (unpaired) electrons. The summed E-state index contributed by atoms with van der Waals surface area (Å²) in [5.74, 6) is -1.47. The zero-order chi connectivity index (χ0) is 26.5. The minimum Gasteiger partial charge on any atom is -0.463 e. The molecule has 0 fully saturated rings. The quantitative estimate of drug-likeness (QED) is 0.396. The molecule has 34 heavy (non-hydrogen) atoms. The van der Waals surface area contributed by atoms with Gasteiger partial charge in [0.05, 0.1) is 13.3 Å². The second-order valence-electron chi connectivity index (χ2n) is 8.55. The van der Waals surface area contributed by atoms with Crippen molar-refractivity contribution in [3.63, 3.8) is 0 Å². The van der Waals surface area contributed by atoms with Gasteiger partial charge in [-0.05, 0) is 59.6 Å². The van der Waals surface area contributed by atoms with Crippen molar-refractivity contribution in [2.24, 2.45) is 0 Å². The summed E-state index contributed by atoms with van der Waals surface area (Å²) < 4.78 is 26.8. The third-order valence-corrected chi connectivity index (χ3v) is 3.68. The maximum absolute atomic E-state index is 12.0. The van der Waals surface area contributed by atoms with Crippen LogP contribution in [-0.2, 0) is 25.4 Å². The highest BCUT2D eigenvalue weighted by atomic mass is 19.1. The molecule has 12 heteroatoms. The second kappa shape index (κ2) is 14.4. The van der Waals surface area contributed by atoms with Gasteiger partial charge in [-0.2, -0.15) is 5.10 Å². The molecular weight excluding hydrogens is 451 g/mol. The van der Waals surface area contributed by atoms with Crippen LogP contribution in [0.3, 0.4) is 0 Å². The summed E-state index contributed by atoms with van der Waals surface area (Å²) in [5.41, 5.74) is 0.981. The first kappa shape index (κ1) is 31.2. The van der Waals surface area contributed by atoms with Gasteiger partial charge in [0, 0.05) is 19.7 Å². The van der Waals surface area contributed by atoms with E-state index in [1.165, 1.54) is 27.1 Å². The zero-order valence-corrected chi connectivity index (χ0v) is 21.1. The monoisotopic (exact) mass is 488 g/mol. The van der Waals surface area contributed by atoms with Crippen LogP contribution in [0.4, 0.5) is 15.0 Å². The van der Waals surface area contributed by atoms with E-state index in [2.05, 4.69) is 15.4 Å². The van der Waals surface area contributed by atoms with E-state index < -0.39 is 17.5 Å². The summed E-state index contributed by atoms with van der Waals surface area (Å²) in [6.45, 7) is 9.54. The third-order valence-electron chi connectivity index (χ3n) is 3.68. The molecule has 194 valence electrons. The largest absolute Gasteiger partial charge is 0.463 e. The van der Waals surface area contributed by atoms with Gasteiger partial charge in [-0.1, -0.05) is 0 Å². The molecule has 2 aromatic heterocycles. The Morgan fingerprint density at radius 1 is 1.18 bits per heavy atom. The number of esters is 1. The Balaban J connectivity index is 0.00000138. The van der Waals surface area contributed by atoms with Gasteiger partial charge < -0.3 is 24.4 Å². The summed E-state index contributed by atoms with van der Waals surface area (Å²) in [6.07, 6.45) is 1.88. The SMILES string of the molecule is CC(C)(O)O.CF.COC(CCc1ccc2c(NC(=O)OC(C)(C)C)ncnn12)COC(C)=O. The molecule has 0 spiro atoms. The topological polar surface area (TPSA) is 145 Å². The van der Waals surface area contributed by atoms with E-state index in [0.29, 0.717) is 31.4 Å². The lowest BCUT2D eigenvalue weighted by Crippen LogP contribution is -2.27. The average Bonchev–Trinajstić information content (AvgIpc) is 3.11. The second-order valence-corrected chi connectivity index (χ2v) is 8.55. The van der Waals surface area contributed by atoms with Crippen molar-refractivity contribution in [3.8, 4) is 0 Å². The molecule has 2 aromatic rings. The first-order valence-electron chi connectivity index (χ1n) is 10.5. The van der Waals surface area contributed by atoms with Crippen molar-refractivity contribution in [1.29, 1.82) is 0 Å². The van der Waals surface area contributed by atoms with Crippen molar-refractivity contribution >= 4 is 23.4 Å². The molecule has 0 aliphatic heterocycles. The lowest BCUT2D eigenvalue weighted by molar-refractivity contribution is -0.144. The molecule has 0 bridgehead atoms. The number of aromatic nitrogens is 3. The van der Waals surface area contributed by atoms with Gasteiger partial charge in [0.2, 0.25) is 0 Å². The molecule has 1 atom stereocenters. The first-order valence-corrected chi connectivity index (χ1v) is 10.5. The Hall–Kier alpha value is -2.83. The number of nitrogens with one attached hydrogen (secondary N) is 1. The maximum atomic E-state index is 12.0.